The Morgan fingerprint density at radius 3 is 2.29 bits per heavy atom. The van der Waals surface area contributed by atoms with Crippen molar-refractivity contribution in [3.8, 4) is 11.3 Å². The quantitative estimate of drug-likeness (QED) is 0.783. The monoisotopic (exact) mass is 340 g/mol. The molecule has 0 N–H and O–H groups in total. The molecule has 0 spiro atoms. The molecule has 21 heavy (non-hydrogen) atoms. The van der Waals surface area contributed by atoms with Gasteiger partial charge in [0.2, 0.25) is 5.91 Å². The molecule has 0 saturated heterocycles. The summed E-state index contributed by atoms with van der Waals surface area (Å²) in [5, 5.41) is 5.61. The number of nitrogens with zero attached hydrogens (tertiary/aromatic N) is 2. The number of hydrogen-bond donors (Lipinski definition) is 0. The molecule has 0 saturated carbocycles. The number of halogens is 1. The van der Waals surface area contributed by atoms with Gasteiger partial charge in [0.05, 0.1) is 4.90 Å². The molecule has 1 aromatic carbocycles. The number of aromatic nitrogens is 2. The Morgan fingerprint density at radius 1 is 1.19 bits per heavy atom. The van der Waals surface area contributed by atoms with Gasteiger partial charge in [-0.15, -0.1) is 11.8 Å². The van der Waals surface area contributed by atoms with Crippen molar-refractivity contribution >= 4 is 46.1 Å². The first-order valence-corrected chi connectivity index (χ1v) is 8.48. The highest BCUT2D eigenvalue weighted by molar-refractivity contribution is 8.14. The Bertz CT molecular complexity index is 696. The van der Waals surface area contributed by atoms with Crippen LogP contribution in [0.2, 0.25) is 5.02 Å². The lowest BCUT2D eigenvalue weighted by atomic mass is 10.2. The van der Waals surface area contributed by atoms with Crippen molar-refractivity contribution in [2.75, 3.05) is 6.26 Å². The Kier molecular flexibility index (Phi) is 5.13. The van der Waals surface area contributed by atoms with Gasteiger partial charge in [0, 0.05) is 24.4 Å². The van der Waals surface area contributed by atoms with E-state index in [1.807, 2.05) is 18.4 Å². The number of rotatable bonds is 3. The SMILES string of the molecule is CSc1c(SC(C)=O)c(-c2ccc(Cl)cc2)nn1C(C)=O. The second-order valence-electron chi connectivity index (χ2n) is 4.22. The second-order valence-corrected chi connectivity index (χ2v) is 6.64. The van der Waals surface area contributed by atoms with E-state index < -0.39 is 0 Å². The van der Waals surface area contributed by atoms with Crippen molar-refractivity contribution in [1.82, 2.24) is 9.78 Å². The van der Waals surface area contributed by atoms with Crippen LogP contribution >= 0.6 is 35.1 Å². The molecule has 0 amide bonds. The molecule has 0 aliphatic rings. The first-order chi connectivity index (χ1) is 9.93. The maximum Gasteiger partial charge on any atom is 0.244 e. The molecule has 0 radical (unpaired) electrons. The summed E-state index contributed by atoms with van der Waals surface area (Å²) >= 11 is 8.37. The van der Waals surface area contributed by atoms with Gasteiger partial charge in [-0.1, -0.05) is 23.7 Å². The van der Waals surface area contributed by atoms with Gasteiger partial charge in [0.15, 0.2) is 5.12 Å². The van der Waals surface area contributed by atoms with E-state index in [-0.39, 0.29) is 11.0 Å². The topological polar surface area (TPSA) is 52.0 Å². The van der Waals surface area contributed by atoms with E-state index >= 15 is 0 Å². The van der Waals surface area contributed by atoms with E-state index in [0.717, 1.165) is 17.3 Å². The molecular weight excluding hydrogens is 328 g/mol. The van der Waals surface area contributed by atoms with Crippen LogP contribution in [0.4, 0.5) is 0 Å². The van der Waals surface area contributed by atoms with Crippen LogP contribution in [0.25, 0.3) is 11.3 Å². The highest BCUT2D eigenvalue weighted by atomic mass is 35.5. The molecular formula is C14H13ClN2O2S2. The average Bonchev–Trinajstić information content (AvgIpc) is 2.77. The molecule has 0 atom stereocenters. The number of carbonyl (C=O) groups excluding carboxylic acids is 2. The van der Waals surface area contributed by atoms with Crippen molar-refractivity contribution in [3.63, 3.8) is 0 Å². The third kappa shape index (κ3) is 3.51. The van der Waals surface area contributed by atoms with Crippen LogP contribution in [0.15, 0.2) is 34.2 Å². The fraction of sp³-hybridized carbons (Fsp3) is 0.214. The Labute approximate surface area is 136 Å². The zero-order valence-electron chi connectivity index (χ0n) is 11.7. The zero-order valence-corrected chi connectivity index (χ0v) is 14.1. The van der Waals surface area contributed by atoms with Gasteiger partial charge in [-0.05, 0) is 30.2 Å². The predicted molar refractivity (Wildman–Crippen MR) is 87.3 cm³/mol. The van der Waals surface area contributed by atoms with Crippen molar-refractivity contribution in [3.05, 3.63) is 29.3 Å². The molecule has 0 unspecified atom stereocenters. The fourth-order valence-electron chi connectivity index (χ4n) is 1.81. The third-order valence-corrected chi connectivity index (χ3v) is 4.68. The summed E-state index contributed by atoms with van der Waals surface area (Å²) in [5.74, 6) is -0.190. The maximum absolute atomic E-state index is 11.7. The lowest BCUT2D eigenvalue weighted by Crippen LogP contribution is -2.08. The first-order valence-electron chi connectivity index (χ1n) is 6.06. The number of thioether (sulfide) groups is 2. The Balaban J connectivity index is 2.65. The average molecular weight is 341 g/mol. The molecule has 0 aliphatic carbocycles. The molecule has 0 aliphatic heterocycles. The lowest BCUT2D eigenvalue weighted by Gasteiger charge is -2.03. The third-order valence-electron chi connectivity index (χ3n) is 2.66. The van der Waals surface area contributed by atoms with Crippen molar-refractivity contribution in [1.29, 1.82) is 0 Å². The summed E-state index contributed by atoms with van der Waals surface area (Å²) in [7, 11) is 0. The van der Waals surface area contributed by atoms with E-state index in [0.29, 0.717) is 20.6 Å². The fourth-order valence-corrected chi connectivity index (χ4v) is 3.66. The van der Waals surface area contributed by atoms with Crippen molar-refractivity contribution in [2.24, 2.45) is 0 Å². The minimum absolute atomic E-state index is 0.0522. The van der Waals surface area contributed by atoms with Crippen molar-refractivity contribution in [2.45, 2.75) is 23.8 Å². The first kappa shape index (κ1) is 16.1. The normalized spacial score (nSPS) is 10.7. The number of carbonyl (C=O) groups is 2. The molecule has 1 heterocycles. The van der Waals surface area contributed by atoms with E-state index in [1.165, 1.54) is 30.3 Å². The number of hydrogen-bond acceptors (Lipinski definition) is 5. The van der Waals surface area contributed by atoms with Gasteiger partial charge in [-0.25, -0.2) is 0 Å². The summed E-state index contributed by atoms with van der Waals surface area (Å²) in [6, 6.07) is 7.15. The van der Waals surface area contributed by atoms with Crippen LogP contribution in [0.1, 0.15) is 18.6 Å². The van der Waals surface area contributed by atoms with Crippen LogP contribution in [0, 0.1) is 0 Å². The van der Waals surface area contributed by atoms with Crippen molar-refractivity contribution < 1.29 is 9.59 Å². The highest BCUT2D eigenvalue weighted by Crippen LogP contribution is 2.38. The van der Waals surface area contributed by atoms with Crippen LogP contribution in [-0.4, -0.2) is 27.1 Å². The van der Waals surface area contributed by atoms with E-state index in [2.05, 4.69) is 5.10 Å². The summed E-state index contributed by atoms with van der Waals surface area (Å²) in [6.07, 6.45) is 1.85. The van der Waals surface area contributed by atoms with E-state index in [4.69, 9.17) is 11.6 Å². The molecule has 110 valence electrons. The van der Waals surface area contributed by atoms with Gasteiger partial charge < -0.3 is 0 Å². The van der Waals surface area contributed by atoms with Crippen LogP contribution < -0.4 is 0 Å². The summed E-state index contributed by atoms with van der Waals surface area (Å²) in [4.78, 5) is 23.9. The molecule has 0 bridgehead atoms. The second kappa shape index (κ2) is 6.68. The van der Waals surface area contributed by atoms with Gasteiger partial charge in [0.1, 0.15) is 10.7 Å². The van der Waals surface area contributed by atoms with Gasteiger partial charge in [-0.2, -0.15) is 9.78 Å². The molecule has 4 nitrogen and oxygen atoms in total. The van der Waals surface area contributed by atoms with Crippen LogP contribution in [-0.2, 0) is 4.79 Å². The smallest absolute Gasteiger partial charge is 0.244 e. The summed E-state index contributed by atoms with van der Waals surface area (Å²) in [6.45, 7) is 2.94. The Hall–Kier alpha value is -1.24. The minimum atomic E-state index is -0.190. The summed E-state index contributed by atoms with van der Waals surface area (Å²) < 4.78 is 1.33. The van der Waals surface area contributed by atoms with E-state index in [1.54, 1.807) is 12.1 Å². The van der Waals surface area contributed by atoms with Crippen LogP contribution in [0.3, 0.4) is 0 Å². The minimum Gasteiger partial charge on any atom is -0.287 e. The maximum atomic E-state index is 11.7. The van der Waals surface area contributed by atoms with E-state index in [9.17, 15) is 9.59 Å². The molecule has 2 aromatic rings. The Morgan fingerprint density at radius 2 is 1.81 bits per heavy atom. The lowest BCUT2D eigenvalue weighted by molar-refractivity contribution is -0.109. The molecule has 1 aromatic heterocycles. The summed E-state index contributed by atoms with van der Waals surface area (Å²) in [5.41, 5.74) is 1.44. The zero-order chi connectivity index (χ0) is 15.6. The highest BCUT2D eigenvalue weighted by Gasteiger charge is 2.22. The van der Waals surface area contributed by atoms with Gasteiger partial charge in [-0.3, -0.25) is 9.59 Å². The molecule has 7 heteroatoms. The van der Waals surface area contributed by atoms with Gasteiger partial charge >= 0.3 is 0 Å². The van der Waals surface area contributed by atoms with Gasteiger partial charge in [0.25, 0.3) is 0 Å². The number of benzene rings is 1. The standard InChI is InChI=1S/C14H13ClN2O2S2/c1-8(18)17-14(20-3)13(21-9(2)19)12(16-17)10-4-6-11(15)7-5-10/h4-7H,1-3H3. The molecule has 0 fully saturated rings. The predicted octanol–water partition coefficient (Wildman–Crippen LogP) is 4.22. The van der Waals surface area contributed by atoms with Crippen LogP contribution in [0.5, 0.6) is 0 Å². The largest absolute Gasteiger partial charge is 0.287 e. The molecule has 2 rings (SSSR count).